The number of hydrogen-bond donors (Lipinski definition) is 4. The predicted octanol–water partition coefficient (Wildman–Crippen LogP) is 6.77. The third-order valence-electron chi connectivity index (χ3n) is 12.6. The van der Waals surface area contributed by atoms with Gasteiger partial charge in [0.05, 0.1) is 44.9 Å². The number of nitrogens with one attached hydrogen (secondary N) is 4. The summed E-state index contributed by atoms with van der Waals surface area (Å²) >= 11 is 6.53. The molecule has 4 N–H and O–H groups in total. The van der Waals surface area contributed by atoms with E-state index in [-0.39, 0.29) is 52.2 Å². The van der Waals surface area contributed by atoms with Gasteiger partial charge in [0.25, 0.3) is 11.8 Å². The number of benzene rings is 3. The van der Waals surface area contributed by atoms with E-state index in [0.29, 0.717) is 28.6 Å². The molecule has 1 aromatic heterocycles. The van der Waals surface area contributed by atoms with Crippen LogP contribution in [-0.4, -0.2) is 103 Å². The van der Waals surface area contributed by atoms with Crippen LogP contribution < -0.4 is 35.8 Å². The Morgan fingerprint density at radius 2 is 1.63 bits per heavy atom. The molecule has 0 aliphatic carbocycles. The Kier molecular flexibility index (Phi) is 13.4. The highest BCUT2D eigenvalue weighted by Gasteiger charge is 2.45. The lowest BCUT2D eigenvalue weighted by atomic mass is 9.94. The van der Waals surface area contributed by atoms with Crippen molar-refractivity contribution in [2.75, 3.05) is 53.2 Å². The largest absolute Gasteiger partial charge is 0.489 e. The van der Waals surface area contributed by atoms with Crippen LogP contribution >= 0.6 is 11.6 Å². The van der Waals surface area contributed by atoms with Crippen molar-refractivity contribution < 1.29 is 32.3 Å². The van der Waals surface area contributed by atoms with Crippen LogP contribution in [0.4, 0.5) is 34.5 Å². The number of imide groups is 2. The third-order valence-corrected chi connectivity index (χ3v) is 15.1. The molecule has 65 heavy (non-hydrogen) atoms. The average molecular weight is 927 g/mol. The summed E-state index contributed by atoms with van der Waals surface area (Å²) in [7, 11) is -3.59. The zero-order valence-electron chi connectivity index (χ0n) is 37.3. The highest BCUT2D eigenvalue weighted by Crippen LogP contribution is 2.38. The van der Waals surface area contributed by atoms with Crippen LogP contribution in [-0.2, 0) is 19.4 Å². The average Bonchev–Trinajstić information content (AvgIpc) is 3.52. The summed E-state index contributed by atoms with van der Waals surface area (Å²) in [6, 6.07) is 15.4. The molecule has 4 aliphatic rings. The van der Waals surface area contributed by atoms with E-state index in [9.17, 15) is 27.6 Å². The highest BCUT2D eigenvalue weighted by atomic mass is 35.5. The standard InChI is InChI=1S/C47H56ClN9O7S/c1-27(2)64-40-23-39(29(5)21-37(40)52-47-50-25-35(48)43(54-47)51-36-10-6-7-11-41(36)65(62,63)28(3)4)55-19-16-30(17-20-55)24-49-31-9-8-18-56(26-31)32-12-13-33-34(22-32)46(61)57(45(33)60)38-14-15-42(58)53-44(38)59/h6-7,10-13,21-23,25,27-28,30-31,38,49H,8-9,14-20,24,26H2,1-5H3,(H,53,58,59)(H2,50,51,52,54)/t31-,38?/m0/s1. The van der Waals surface area contributed by atoms with E-state index >= 15 is 0 Å². The van der Waals surface area contributed by atoms with E-state index < -0.39 is 44.8 Å². The van der Waals surface area contributed by atoms with Gasteiger partial charge in [0, 0.05) is 56.1 Å². The summed E-state index contributed by atoms with van der Waals surface area (Å²) in [5.41, 5.74) is 4.65. The fraction of sp³-hybridized carbons (Fsp3) is 0.447. The lowest BCUT2D eigenvalue weighted by Crippen LogP contribution is -2.54. The Morgan fingerprint density at radius 3 is 2.37 bits per heavy atom. The number of para-hydroxylation sites is 1. The molecule has 344 valence electrons. The lowest BCUT2D eigenvalue weighted by molar-refractivity contribution is -0.136. The zero-order chi connectivity index (χ0) is 46.2. The molecular weight excluding hydrogens is 870 g/mol. The van der Waals surface area contributed by atoms with Crippen LogP contribution in [0.2, 0.25) is 5.02 Å². The van der Waals surface area contributed by atoms with E-state index in [1.807, 2.05) is 26.0 Å². The first-order valence-electron chi connectivity index (χ1n) is 22.4. The molecule has 0 saturated carbocycles. The summed E-state index contributed by atoms with van der Waals surface area (Å²) in [6.07, 6.45) is 5.62. The maximum atomic E-state index is 13.5. The molecule has 3 fully saturated rings. The minimum atomic E-state index is -3.59. The number of ether oxygens (including phenoxy) is 1. The number of piperidine rings is 3. The Morgan fingerprint density at radius 1 is 0.877 bits per heavy atom. The number of aromatic nitrogens is 2. The number of carbonyl (C=O) groups excluding carboxylic acids is 4. The fourth-order valence-corrected chi connectivity index (χ4v) is 10.4. The molecule has 3 saturated heterocycles. The number of halogens is 1. The maximum Gasteiger partial charge on any atom is 0.262 e. The molecule has 8 rings (SSSR count). The van der Waals surface area contributed by atoms with Gasteiger partial charge in [0.15, 0.2) is 15.7 Å². The quantitative estimate of drug-likeness (QED) is 0.0968. The van der Waals surface area contributed by atoms with Crippen molar-refractivity contribution in [3.8, 4) is 5.75 Å². The normalized spacial score (nSPS) is 19.5. The second-order valence-corrected chi connectivity index (χ2v) is 20.7. The fourth-order valence-electron chi connectivity index (χ4n) is 9.05. The second-order valence-electron chi connectivity index (χ2n) is 17.8. The number of hydrogen-bond acceptors (Lipinski definition) is 14. The van der Waals surface area contributed by atoms with Gasteiger partial charge < -0.3 is 30.5 Å². The maximum absolute atomic E-state index is 13.5. The van der Waals surface area contributed by atoms with E-state index in [1.165, 1.54) is 6.20 Å². The van der Waals surface area contributed by atoms with Crippen LogP contribution in [0.3, 0.4) is 0 Å². The van der Waals surface area contributed by atoms with E-state index in [4.69, 9.17) is 16.3 Å². The number of carbonyl (C=O) groups is 4. The number of nitrogens with zero attached hydrogens (tertiary/aromatic N) is 5. The monoisotopic (exact) mass is 925 g/mol. The molecule has 3 aromatic carbocycles. The van der Waals surface area contributed by atoms with Gasteiger partial charge in [-0.1, -0.05) is 23.7 Å². The van der Waals surface area contributed by atoms with Gasteiger partial charge in [-0.2, -0.15) is 4.98 Å². The number of fused-ring (bicyclic) bond motifs is 1. The molecular formula is C47H56ClN9O7S. The Bertz CT molecular complexity index is 2620. The number of sulfone groups is 1. The highest BCUT2D eigenvalue weighted by molar-refractivity contribution is 7.92. The molecule has 4 amide bonds. The molecule has 2 atom stereocenters. The zero-order valence-corrected chi connectivity index (χ0v) is 38.9. The van der Waals surface area contributed by atoms with Crippen molar-refractivity contribution in [1.82, 2.24) is 25.5 Å². The smallest absolute Gasteiger partial charge is 0.262 e. The van der Waals surface area contributed by atoms with Crippen LogP contribution in [0.5, 0.6) is 5.75 Å². The van der Waals surface area contributed by atoms with Crippen molar-refractivity contribution in [1.29, 1.82) is 0 Å². The molecule has 1 unspecified atom stereocenters. The van der Waals surface area contributed by atoms with Crippen LogP contribution in [0.15, 0.2) is 65.7 Å². The Labute approximate surface area is 384 Å². The van der Waals surface area contributed by atoms with Gasteiger partial charge in [-0.05, 0) is 121 Å². The van der Waals surface area contributed by atoms with Gasteiger partial charge in [0.2, 0.25) is 17.8 Å². The SMILES string of the molecule is Cc1cc(Nc2ncc(Cl)c(Nc3ccccc3S(=O)(=O)C(C)C)n2)c(OC(C)C)cc1N1CCC(CN[C@H]2CCCN(c3ccc4c(c3)C(=O)N(C3CCC(=O)NC3=O)C4=O)C2)CC1. The number of rotatable bonds is 14. The molecule has 4 aliphatic heterocycles. The summed E-state index contributed by atoms with van der Waals surface area (Å²) in [5.74, 6) is -0.349. The van der Waals surface area contributed by atoms with Gasteiger partial charge in [-0.3, -0.25) is 29.4 Å². The molecule has 4 aromatic rings. The third kappa shape index (κ3) is 9.77. The summed E-state index contributed by atoms with van der Waals surface area (Å²) in [6.45, 7) is 13.6. The van der Waals surface area contributed by atoms with Crippen molar-refractivity contribution in [2.24, 2.45) is 5.92 Å². The van der Waals surface area contributed by atoms with Gasteiger partial charge in [0.1, 0.15) is 16.8 Å². The van der Waals surface area contributed by atoms with Gasteiger partial charge in [-0.15, -0.1) is 0 Å². The van der Waals surface area contributed by atoms with Gasteiger partial charge in [-0.25, -0.2) is 13.4 Å². The summed E-state index contributed by atoms with van der Waals surface area (Å²) in [4.78, 5) is 65.8. The molecule has 5 heterocycles. The Balaban J connectivity index is 0.879. The van der Waals surface area contributed by atoms with Crippen molar-refractivity contribution in [3.05, 3.63) is 82.5 Å². The van der Waals surface area contributed by atoms with Crippen molar-refractivity contribution in [3.63, 3.8) is 0 Å². The van der Waals surface area contributed by atoms with Gasteiger partial charge >= 0.3 is 0 Å². The summed E-state index contributed by atoms with van der Waals surface area (Å²) in [5, 5.41) is 12.1. The predicted molar refractivity (Wildman–Crippen MR) is 251 cm³/mol. The lowest BCUT2D eigenvalue weighted by Gasteiger charge is -2.38. The van der Waals surface area contributed by atoms with Crippen molar-refractivity contribution >= 4 is 79.6 Å². The minimum Gasteiger partial charge on any atom is -0.489 e. The summed E-state index contributed by atoms with van der Waals surface area (Å²) < 4.78 is 32.6. The number of aryl methyl sites for hydroxylation is 1. The minimum absolute atomic E-state index is 0.0805. The molecule has 16 nitrogen and oxygen atoms in total. The molecule has 0 radical (unpaired) electrons. The van der Waals surface area contributed by atoms with E-state index in [1.54, 1.807) is 50.2 Å². The molecule has 18 heteroatoms. The first kappa shape index (κ1) is 45.8. The molecule has 0 bridgehead atoms. The van der Waals surface area contributed by atoms with Crippen LogP contribution in [0.25, 0.3) is 0 Å². The van der Waals surface area contributed by atoms with E-state index in [0.717, 1.165) is 80.2 Å². The first-order chi connectivity index (χ1) is 31.1. The van der Waals surface area contributed by atoms with Crippen LogP contribution in [0, 0.1) is 12.8 Å². The Hall–Kier alpha value is -5.78. The number of anilines is 6. The first-order valence-corrected chi connectivity index (χ1v) is 24.3. The number of amides is 4. The van der Waals surface area contributed by atoms with Crippen LogP contribution in [0.1, 0.15) is 92.5 Å². The molecule has 0 spiro atoms. The second kappa shape index (κ2) is 19.0. The van der Waals surface area contributed by atoms with E-state index in [2.05, 4.69) is 54.0 Å². The topological polar surface area (TPSA) is 195 Å². The van der Waals surface area contributed by atoms with Crippen molar-refractivity contribution in [2.45, 2.75) is 101 Å².